The molecule has 0 spiro atoms. The maximum atomic E-state index is 14.5. The molecule has 7 nitrogen and oxygen atoms in total. The fourth-order valence-electron chi connectivity index (χ4n) is 3.10. The van der Waals surface area contributed by atoms with E-state index in [-0.39, 0.29) is 24.0 Å². The summed E-state index contributed by atoms with van der Waals surface area (Å²) in [5.74, 6) is 0.272. The molecule has 2 aromatic heterocycles. The van der Waals surface area contributed by atoms with E-state index in [4.69, 9.17) is 11.6 Å². The highest BCUT2D eigenvalue weighted by molar-refractivity contribution is 7.99. The van der Waals surface area contributed by atoms with Crippen molar-refractivity contribution in [1.82, 2.24) is 29.6 Å². The predicted octanol–water partition coefficient (Wildman–Crippen LogP) is 4.27. The Balaban J connectivity index is 1.35. The van der Waals surface area contributed by atoms with Gasteiger partial charge in [-0.3, -0.25) is 9.36 Å². The van der Waals surface area contributed by atoms with Crippen molar-refractivity contribution in [2.75, 3.05) is 5.75 Å². The number of carbonyl (C=O) groups excluding carboxylic acids is 1. The number of aromatic nitrogens is 5. The fraction of sp³-hybridized carbons (Fsp3) is 0.182. The van der Waals surface area contributed by atoms with Gasteiger partial charge in [0.05, 0.1) is 17.1 Å². The lowest BCUT2D eigenvalue weighted by molar-refractivity contribution is -0.118. The fourth-order valence-corrected chi connectivity index (χ4v) is 4.04. The molecule has 0 unspecified atom stereocenters. The Bertz CT molecular complexity index is 1270. The monoisotopic (exact) mass is 470 g/mol. The van der Waals surface area contributed by atoms with Crippen molar-refractivity contribution < 1.29 is 9.18 Å². The zero-order chi connectivity index (χ0) is 22.7. The number of nitrogens with one attached hydrogen (secondary N) is 1. The highest BCUT2D eigenvalue weighted by Crippen LogP contribution is 2.24. The number of imidazole rings is 1. The summed E-state index contributed by atoms with van der Waals surface area (Å²) >= 11 is 7.47. The zero-order valence-corrected chi connectivity index (χ0v) is 19.0. The summed E-state index contributed by atoms with van der Waals surface area (Å²) in [4.78, 5) is 16.4. The first-order chi connectivity index (χ1) is 15.4. The van der Waals surface area contributed by atoms with Crippen LogP contribution in [0.25, 0.3) is 11.4 Å². The smallest absolute Gasteiger partial charge is 0.230 e. The third-order valence-corrected chi connectivity index (χ3v) is 6.22. The Morgan fingerprint density at radius 1 is 1.19 bits per heavy atom. The predicted molar refractivity (Wildman–Crippen MR) is 122 cm³/mol. The number of nitrogens with zero attached hydrogens (tertiary/aromatic N) is 5. The van der Waals surface area contributed by atoms with Gasteiger partial charge in [-0.25, -0.2) is 9.37 Å². The van der Waals surface area contributed by atoms with E-state index in [9.17, 15) is 9.18 Å². The van der Waals surface area contributed by atoms with Crippen LogP contribution in [-0.2, 0) is 11.3 Å². The Hall–Kier alpha value is -3.17. The summed E-state index contributed by atoms with van der Waals surface area (Å²) in [5.41, 5.74) is 2.87. The van der Waals surface area contributed by atoms with E-state index in [1.165, 1.54) is 17.8 Å². The summed E-state index contributed by atoms with van der Waals surface area (Å²) in [6.07, 6.45) is 4.90. The molecule has 4 aromatic rings. The second-order valence-electron chi connectivity index (χ2n) is 7.11. The molecule has 0 bridgehead atoms. The van der Waals surface area contributed by atoms with Gasteiger partial charge in [-0.2, -0.15) is 0 Å². The Labute approximate surface area is 193 Å². The first-order valence-electron chi connectivity index (χ1n) is 9.77. The number of hydrogen-bond donors (Lipinski definition) is 1. The summed E-state index contributed by atoms with van der Waals surface area (Å²) in [6, 6.07) is 10.5. The van der Waals surface area contributed by atoms with E-state index in [2.05, 4.69) is 20.5 Å². The van der Waals surface area contributed by atoms with Crippen molar-refractivity contribution in [3.63, 3.8) is 0 Å². The molecule has 0 aliphatic rings. The van der Waals surface area contributed by atoms with E-state index in [0.717, 1.165) is 11.3 Å². The summed E-state index contributed by atoms with van der Waals surface area (Å²) in [5, 5.41) is 12.0. The van der Waals surface area contributed by atoms with Gasteiger partial charge in [0.1, 0.15) is 18.0 Å². The van der Waals surface area contributed by atoms with E-state index >= 15 is 0 Å². The Morgan fingerprint density at radius 2 is 2.03 bits per heavy atom. The van der Waals surface area contributed by atoms with Crippen molar-refractivity contribution >= 4 is 29.3 Å². The molecule has 0 radical (unpaired) electrons. The average molecular weight is 471 g/mol. The van der Waals surface area contributed by atoms with Crippen LogP contribution in [0, 0.1) is 19.7 Å². The van der Waals surface area contributed by atoms with Gasteiger partial charge in [0.2, 0.25) is 5.91 Å². The van der Waals surface area contributed by atoms with Crippen molar-refractivity contribution in [3.8, 4) is 11.4 Å². The van der Waals surface area contributed by atoms with E-state index < -0.39 is 0 Å². The molecule has 2 heterocycles. The molecule has 0 aliphatic heterocycles. The number of aryl methyl sites for hydroxylation is 2. The minimum atomic E-state index is -0.378. The molecule has 0 saturated carbocycles. The third kappa shape index (κ3) is 4.84. The van der Waals surface area contributed by atoms with Crippen LogP contribution in [0.3, 0.4) is 0 Å². The van der Waals surface area contributed by atoms with Crippen LogP contribution in [0.2, 0.25) is 5.02 Å². The lowest BCUT2D eigenvalue weighted by atomic mass is 10.2. The minimum Gasteiger partial charge on any atom is -0.351 e. The van der Waals surface area contributed by atoms with Gasteiger partial charge in [0.25, 0.3) is 0 Å². The number of rotatable bonds is 7. The molecular formula is C22H20ClFN6OS. The number of halogens is 2. The molecule has 0 aliphatic carbocycles. The number of hydrogen-bond acceptors (Lipinski definition) is 5. The van der Waals surface area contributed by atoms with Crippen LogP contribution in [0.15, 0.2) is 60.3 Å². The maximum absolute atomic E-state index is 14.5. The van der Waals surface area contributed by atoms with Gasteiger partial charge < -0.3 is 9.88 Å². The molecular weight excluding hydrogens is 451 g/mol. The minimum absolute atomic E-state index is 0.146. The van der Waals surface area contributed by atoms with Crippen LogP contribution in [0.1, 0.15) is 17.0 Å². The average Bonchev–Trinajstić information content (AvgIpc) is 3.42. The second-order valence-corrected chi connectivity index (χ2v) is 8.46. The molecule has 32 heavy (non-hydrogen) atoms. The Morgan fingerprint density at radius 3 is 2.75 bits per heavy atom. The van der Waals surface area contributed by atoms with Gasteiger partial charge in [-0.1, -0.05) is 35.5 Å². The van der Waals surface area contributed by atoms with Crippen molar-refractivity contribution in [2.45, 2.75) is 25.5 Å². The highest BCUT2D eigenvalue weighted by atomic mass is 35.5. The van der Waals surface area contributed by atoms with Gasteiger partial charge in [-0.15, -0.1) is 10.2 Å². The molecule has 0 atom stereocenters. The van der Waals surface area contributed by atoms with Crippen molar-refractivity contribution in [2.24, 2.45) is 0 Å². The van der Waals surface area contributed by atoms with Crippen LogP contribution in [0.4, 0.5) is 4.39 Å². The zero-order valence-electron chi connectivity index (χ0n) is 17.4. The van der Waals surface area contributed by atoms with E-state index in [1.807, 2.05) is 25.1 Å². The van der Waals surface area contributed by atoms with E-state index in [1.54, 1.807) is 46.9 Å². The number of amides is 1. The molecule has 4 rings (SSSR count). The van der Waals surface area contributed by atoms with Gasteiger partial charge in [0, 0.05) is 24.0 Å². The first kappa shape index (κ1) is 22.0. The third-order valence-electron chi connectivity index (χ3n) is 4.87. The largest absolute Gasteiger partial charge is 0.351 e. The first-order valence-corrected chi connectivity index (χ1v) is 11.1. The SMILES string of the molecule is Cc1ccc(-n2cnnc2SCC(=O)NCc2ccc(-n3ccnc3C)c(F)c2)cc1Cl. The second kappa shape index (κ2) is 9.54. The summed E-state index contributed by atoms with van der Waals surface area (Å²) in [6.45, 7) is 3.95. The van der Waals surface area contributed by atoms with Crippen LogP contribution in [-0.4, -0.2) is 36.0 Å². The van der Waals surface area contributed by atoms with Crippen LogP contribution in [0.5, 0.6) is 0 Å². The molecule has 1 amide bonds. The van der Waals surface area contributed by atoms with E-state index in [0.29, 0.717) is 27.3 Å². The quantitative estimate of drug-likeness (QED) is 0.408. The van der Waals surface area contributed by atoms with Crippen LogP contribution >= 0.6 is 23.4 Å². The van der Waals surface area contributed by atoms with Gasteiger partial charge in [-0.05, 0) is 49.2 Å². The molecule has 0 saturated heterocycles. The summed E-state index contributed by atoms with van der Waals surface area (Å²) < 4.78 is 18.0. The molecule has 1 N–H and O–H groups in total. The lowest BCUT2D eigenvalue weighted by Crippen LogP contribution is -2.24. The normalized spacial score (nSPS) is 11.0. The molecule has 164 valence electrons. The van der Waals surface area contributed by atoms with Crippen LogP contribution < -0.4 is 5.32 Å². The number of carbonyl (C=O) groups is 1. The van der Waals surface area contributed by atoms with Gasteiger partial charge >= 0.3 is 0 Å². The number of benzene rings is 2. The Kier molecular flexibility index (Phi) is 6.57. The maximum Gasteiger partial charge on any atom is 0.230 e. The molecule has 2 aromatic carbocycles. The molecule has 0 fully saturated rings. The van der Waals surface area contributed by atoms with Gasteiger partial charge in [0.15, 0.2) is 5.16 Å². The summed E-state index contributed by atoms with van der Waals surface area (Å²) in [7, 11) is 0. The van der Waals surface area contributed by atoms with Crippen molar-refractivity contribution in [3.05, 3.63) is 82.9 Å². The standard InChI is InChI=1S/C22H20ClFN6OS/c1-14-3-5-17(10-18(14)23)30-13-27-28-22(30)32-12-21(31)26-11-16-4-6-20(19(24)9-16)29-8-7-25-15(29)2/h3-10,13H,11-12H2,1-2H3,(H,26,31). The lowest BCUT2D eigenvalue weighted by Gasteiger charge is -2.10. The highest BCUT2D eigenvalue weighted by Gasteiger charge is 2.12. The van der Waals surface area contributed by atoms with Crippen molar-refractivity contribution in [1.29, 1.82) is 0 Å². The molecule has 10 heteroatoms. The number of thioether (sulfide) groups is 1. The topological polar surface area (TPSA) is 77.6 Å².